The van der Waals surface area contributed by atoms with E-state index in [-0.39, 0.29) is 30.9 Å². The first-order valence-corrected chi connectivity index (χ1v) is 7.58. The monoisotopic (exact) mass is 262 g/mol. The van der Waals surface area contributed by atoms with Gasteiger partial charge in [-0.1, -0.05) is 0 Å². The van der Waals surface area contributed by atoms with Crippen LogP contribution in [0.2, 0.25) is 0 Å². The number of nitrogens with zero attached hydrogens (tertiary/aromatic N) is 1. The molecule has 6 nitrogen and oxygen atoms in total. The van der Waals surface area contributed by atoms with Gasteiger partial charge in [0.1, 0.15) is 12.0 Å². The van der Waals surface area contributed by atoms with Gasteiger partial charge in [-0.3, -0.25) is 4.79 Å². The molecule has 0 aromatic rings. The fraction of sp³-hybridized carbons (Fsp3) is 0.900. The van der Waals surface area contributed by atoms with Crippen molar-refractivity contribution in [2.75, 3.05) is 25.5 Å². The van der Waals surface area contributed by atoms with E-state index in [0.29, 0.717) is 19.4 Å². The van der Waals surface area contributed by atoms with Gasteiger partial charge in [-0.15, -0.1) is 0 Å². The van der Waals surface area contributed by atoms with Crippen molar-refractivity contribution < 1.29 is 17.9 Å². The van der Waals surface area contributed by atoms with Gasteiger partial charge in [-0.2, -0.15) is 0 Å². The lowest BCUT2D eigenvalue weighted by Crippen LogP contribution is -2.59. The average molecular weight is 262 g/mol. The molecule has 2 fully saturated rings. The second-order valence-electron chi connectivity index (χ2n) is 4.52. The first kappa shape index (κ1) is 12.8. The van der Waals surface area contributed by atoms with Crippen LogP contribution in [0.4, 0.5) is 0 Å². The van der Waals surface area contributed by atoms with Crippen LogP contribution < -0.4 is 5.73 Å². The minimum Gasteiger partial charge on any atom is -0.369 e. The summed E-state index contributed by atoms with van der Waals surface area (Å²) in [5.74, 6) is -0.0956. The summed E-state index contributed by atoms with van der Waals surface area (Å²) in [5.41, 5.74) is 5.58. The Morgan fingerprint density at radius 1 is 1.41 bits per heavy atom. The zero-order chi connectivity index (χ0) is 12.5. The Bertz CT molecular complexity index is 395. The van der Waals surface area contributed by atoms with Gasteiger partial charge in [0.25, 0.3) is 0 Å². The highest BCUT2D eigenvalue weighted by Crippen LogP contribution is 2.26. The molecule has 0 spiro atoms. The molecule has 0 aromatic carbocycles. The van der Waals surface area contributed by atoms with Crippen LogP contribution in [0.25, 0.3) is 0 Å². The van der Waals surface area contributed by atoms with Gasteiger partial charge in [0.2, 0.25) is 5.91 Å². The molecule has 98 valence electrons. The van der Waals surface area contributed by atoms with Crippen LogP contribution in [-0.2, 0) is 19.4 Å². The number of carbonyl (C=O) groups excluding carboxylic acids is 1. The molecule has 2 aliphatic rings. The summed E-state index contributed by atoms with van der Waals surface area (Å²) in [4.78, 5) is 13.3. The van der Waals surface area contributed by atoms with Crippen molar-refractivity contribution in [1.82, 2.24) is 4.90 Å². The van der Waals surface area contributed by atoms with Crippen molar-refractivity contribution in [3.8, 4) is 0 Å². The normalized spacial score (nSPS) is 33.7. The van der Waals surface area contributed by atoms with Gasteiger partial charge in [0, 0.05) is 6.54 Å². The third-order valence-electron chi connectivity index (χ3n) is 3.34. The summed E-state index contributed by atoms with van der Waals surface area (Å²) in [6.45, 7) is 0.522. The maximum atomic E-state index is 12.0. The van der Waals surface area contributed by atoms with Crippen molar-refractivity contribution in [1.29, 1.82) is 0 Å². The molecule has 0 aliphatic carbocycles. The van der Waals surface area contributed by atoms with E-state index in [1.807, 2.05) is 0 Å². The van der Waals surface area contributed by atoms with Crippen LogP contribution in [0.5, 0.6) is 0 Å². The topological polar surface area (TPSA) is 89.7 Å². The highest BCUT2D eigenvalue weighted by atomic mass is 32.2. The summed E-state index contributed by atoms with van der Waals surface area (Å²) in [7, 11) is -3.21. The largest absolute Gasteiger partial charge is 0.369 e. The molecule has 2 rings (SSSR count). The summed E-state index contributed by atoms with van der Waals surface area (Å²) < 4.78 is 29.1. The van der Waals surface area contributed by atoms with Gasteiger partial charge in [-0.25, -0.2) is 8.42 Å². The van der Waals surface area contributed by atoms with Crippen LogP contribution in [-0.4, -0.2) is 56.2 Å². The molecule has 2 unspecified atom stereocenters. The first-order valence-electron chi connectivity index (χ1n) is 5.87. The SMILES string of the molecule is NCC1COCC(=O)N1C1CCCCS1(=O)=O. The molecule has 0 aromatic heterocycles. The summed E-state index contributed by atoms with van der Waals surface area (Å²) in [6, 6.07) is -0.311. The van der Waals surface area contributed by atoms with Crippen LogP contribution in [0.1, 0.15) is 19.3 Å². The summed E-state index contributed by atoms with van der Waals surface area (Å²) in [5, 5.41) is -0.693. The lowest BCUT2D eigenvalue weighted by molar-refractivity contribution is -0.149. The lowest BCUT2D eigenvalue weighted by Gasteiger charge is -2.41. The van der Waals surface area contributed by atoms with Crippen molar-refractivity contribution in [3.63, 3.8) is 0 Å². The molecule has 2 heterocycles. The van der Waals surface area contributed by atoms with Crippen molar-refractivity contribution in [2.24, 2.45) is 5.73 Å². The number of ether oxygens (including phenoxy) is 1. The van der Waals surface area contributed by atoms with E-state index in [0.717, 1.165) is 6.42 Å². The van der Waals surface area contributed by atoms with Gasteiger partial charge < -0.3 is 15.4 Å². The Morgan fingerprint density at radius 3 is 2.82 bits per heavy atom. The maximum Gasteiger partial charge on any atom is 0.250 e. The van der Waals surface area contributed by atoms with Gasteiger partial charge in [0.15, 0.2) is 9.84 Å². The zero-order valence-electron chi connectivity index (χ0n) is 9.67. The number of nitrogens with two attached hydrogens (primary N) is 1. The number of hydrogen-bond acceptors (Lipinski definition) is 5. The minimum absolute atomic E-state index is 0.0392. The van der Waals surface area contributed by atoms with E-state index < -0.39 is 15.2 Å². The highest BCUT2D eigenvalue weighted by Gasteiger charge is 2.41. The van der Waals surface area contributed by atoms with Crippen LogP contribution >= 0.6 is 0 Å². The fourth-order valence-electron chi connectivity index (χ4n) is 2.47. The molecule has 1 amide bonds. The Hall–Kier alpha value is -0.660. The minimum atomic E-state index is -3.21. The Kier molecular flexibility index (Phi) is 3.70. The van der Waals surface area contributed by atoms with E-state index in [2.05, 4.69) is 0 Å². The Balaban J connectivity index is 2.25. The van der Waals surface area contributed by atoms with Crippen LogP contribution in [0.15, 0.2) is 0 Å². The number of amides is 1. The van der Waals surface area contributed by atoms with Gasteiger partial charge in [-0.05, 0) is 19.3 Å². The standard InChI is InChI=1S/C10H18N2O4S/c11-5-8-6-16-7-9(13)12(8)10-3-1-2-4-17(10,14)15/h8,10H,1-7,11H2. The van der Waals surface area contributed by atoms with Crippen molar-refractivity contribution in [2.45, 2.75) is 30.7 Å². The third kappa shape index (κ3) is 2.46. The molecular formula is C10H18N2O4S. The summed E-state index contributed by atoms with van der Waals surface area (Å²) >= 11 is 0. The predicted molar refractivity (Wildman–Crippen MR) is 61.9 cm³/mol. The molecule has 7 heteroatoms. The third-order valence-corrected chi connectivity index (χ3v) is 5.49. The first-order chi connectivity index (χ1) is 8.06. The number of sulfone groups is 1. The maximum absolute atomic E-state index is 12.0. The molecule has 2 atom stereocenters. The van der Waals surface area contributed by atoms with E-state index >= 15 is 0 Å². The molecule has 2 saturated heterocycles. The zero-order valence-corrected chi connectivity index (χ0v) is 10.5. The van der Waals surface area contributed by atoms with Gasteiger partial charge in [0.05, 0.1) is 18.4 Å². The molecular weight excluding hydrogens is 244 g/mol. The molecule has 17 heavy (non-hydrogen) atoms. The molecule has 2 aliphatic heterocycles. The van der Waals surface area contributed by atoms with E-state index in [1.54, 1.807) is 0 Å². The molecule has 0 radical (unpaired) electrons. The lowest BCUT2D eigenvalue weighted by atomic mass is 10.1. The second-order valence-corrected chi connectivity index (χ2v) is 6.80. The van der Waals surface area contributed by atoms with E-state index in [9.17, 15) is 13.2 Å². The number of rotatable bonds is 2. The average Bonchev–Trinajstić information content (AvgIpc) is 2.29. The smallest absolute Gasteiger partial charge is 0.250 e. The predicted octanol–water partition coefficient (Wildman–Crippen LogP) is -0.903. The number of hydrogen-bond donors (Lipinski definition) is 1. The van der Waals surface area contributed by atoms with Crippen molar-refractivity contribution in [3.05, 3.63) is 0 Å². The summed E-state index contributed by atoms with van der Waals surface area (Å²) in [6.07, 6.45) is 2.04. The van der Waals surface area contributed by atoms with Crippen LogP contribution in [0.3, 0.4) is 0 Å². The van der Waals surface area contributed by atoms with Crippen LogP contribution in [0, 0.1) is 0 Å². The fourth-order valence-corrected chi connectivity index (χ4v) is 4.51. The molecule has 0 saturated carbocycles. The second kappa shape index (κ2) is 4.91. The number of carbonyl (C=O) groups is 1. The van der Waals surface area contributed by atoms with Crippen molar-refractivity contribution >= 4 is 15.7 Å². The molecule has 2 N–H and O–H groups in total. The Labute approximate surface area is 101 Å². The quantitative estimate of drug-likeness (QED) is 0.696. The highest BCUT2D eigenvalue weighted by molar-refractivity contribution is 7.92. The van der Waals surface area contributed by atoms with E-state index in [4.69, 9.17) is 10.5 Å². The Morgan fingerprint density at radius 2 is 2.18 bits per heavy atom. The van der Waals surface area contributed by atoms with Gasteiger partial charge >= 0.3 is 0 Å². The molecule has 0 bridgehead atoms. The van der Waals surface area contributed by atoms with E-state index in [1.165, 1.54) is 4.90 Å². The number of morpholine rings is 1.